The summed E-state index contributed by atoms with van der Waals surface area (Å²) < 4.78 is 0. The highest BCUT2D eigenvalue weighted by atomic mass is 14.2. The van der Waals surface area contributed by atoms with Crippen LogP contribution < -0.4 is 28.0 Å². The van der Waals surface area contributed by atoms with Gasteiger partial charge in [-0.1, -0.05) is 117 Å². The molecule has 0 aromatic heterocycles. The minimum Gasteiger partial charge on any atom is -0.369 e. The van der Waals surface area contributed by atoms with Gasteiger partial charge in [0, 0.05) is 0 Å². The second-order valence-electron chi connectivity index (χ2n) is 10.3. The number of aryl methyl sites for hydroxylation is 8. The lowest BCUT2D eigenvalue weighted by molar-refractivity contribution is 1.37. The quantitative estimate of drug-likeness (QED) is 0.376. The van der Waals surface area contributed by atoms with E-state index >= 15 is 0 Å². The van der Waals surface area contributed by atoms with Gasteiger partial charge in [0.15, 0.2) is 0 Å². The first-order chi connectivity index (χ1) is 15.6. The van der Waals surface area contributed by atoms with E-state index in [0.29, 0.717) is 0 Å². The van der Waals surface area contributed by atoms with Crippen LogP contribution >= 0.6 is 0 Å². The fourth-order valence-electron chi connectivity index (χ4n) is 6.25. The summed E-state index contributed by atoms with van der Waals surface area (Å²) in [6.45, 7) is 17.9. The summed E-state index contributed by atoms with van der Waals surface area (Å²) in [5.41, 5.74) is 16.3. The van der Waals surface area contributed by atoms with Crippen molar-refractivity contribution in [3.63, 3.8) is 0 Å². The fourth-order valence-corrected chi connectivity index (χ4v) is 6.25. The van der Waals surface area contributed by atoms with E-state index in [4.69, 9.17) is 0 Å². The van der Waals surface area contributed by atoms with Gasteiger partial charge in [-0.3, -0.25) is 0 Å². The summed E-state index contributed by atoms with van der Waals surface area (Å²) in [6.07, 6.45) is -1.38. The Kier molecular flexibility index (Phi) is 7.24. The van der Waals surface area contributed by atoms with Gasteiger partial charge in [0.25, 0.3) is 0 Å². The van der Waals surface area contributed by atoms with Crippen molar-refractivity contribution in [3.05, 3.63) is 117 Å². The predicted octanol–water partition coefficient (Wildman–Crippen LogP) is 5.91. The van der Waals surface area contributed by atoms with Crippen molar-refractivity contribution in [2.45, 2.75) is 55.4 Å². The first-order valence-electron chi connectivity index (χ1n) is 12.1. The predicted molar refractivity (Wildman–Crippen MR) is 154 cm³/mol. The summed E-state index contributed by atoms with van der Waals surface area (Å²) in [5.74, 6) is 0. The van der Waals surface area contributed by atoms with Crippen LogP contribution in [-0.4, -0.2) is 6.15 Å². The maximum Gasteiger partial charge on any atom is 0.109 e. The molecule has 0 saturated carbocycles. The van der Waals surface area contributed by atoms with Crippen molar-refractivity contribution < 1.29 is 0 Å². The Labute approximate surface area is 206 Å². The molecule has 34 heavy (non-hydrogen) atoms. The minimum absolute atomic E-state index is 0. The molecule has 0 bridgehead atoms. The van der Waals surface area contributed by atoms with Crippen molar-refractivity contribution in [3.8, 4) is 0 Å². The van der Waals surface area contributed by atoms with Crippen molar-refractivity contribution >= 4 is 28.0 Å². The molecule has 0 radical (unpaired) electrons. The monoisotopic (exact) mass is 449 g/mol. The number of benzene rings is 4. The van der Waals surface area contributed by atoms with Gasteiger partial charge in [0.1, 0.15) is 6.15 Å². The standard InChI is InChI=1S/C32H36B.H3N/c1-21-9-13-29(25(5)17-21)33(30-14-10-22(2)18-26(30)6,31-15-11-23(3)19-27(31)7)32-16-12-24(4)20-28(32)8;/h9-20H,1-8H3;1H3/q-1;/p+1. The molecule has 0 heterocycles. The van der Waals surface area contributed by atoms with Crippen LogP contribution in [0.1, 0.15) is 44.5 Å². The Morgan fingerprint density at radius 2 is 0.559 bits per heavy atom. The van der Waals surface area contributed by atoms with Gasteiger partial charge in [0.2, 0.25) is 0 Å². The lowest BCUT2D eigenvalue weighted by Crippen LogP contribution is -2.76. The van der Waals surface area contributed by atoms with Crippen molar-refractivity contribution in [2.24, 2.45) is 0 Å². The van der Waals surface area contributed by atoms with Crippen LogP contribution in [0.5, 0.6) is 0 Å². The lowest BCUT2D eigenvalue weighted by atomic mass is 9.11. The first kappa shape index (κ1) is 25.5. The second kappa shape index (κ2) is 9.64. The third kappa shape index (κ3) is 4.23. The van der Waals surface area contributed by atoms with Crippen molar-refractivity contribution in [1.82, 2.24) is 6.15 Å². The van der Waals surface area contributed by atoms with Crippen LogP contribution in [0.2, 0.25) is 0 Å². The Hall–Kier alpha value is -3.10. The van der Waals surface area contributed by atoms with Crippen LogP contribution in [-0.2, 0) is 0 Å². The third-order valence-corrected chi connectivity index (χ3v) is 7.57. The highest BCUT2D eigenvalue weighted by Gasteiger charge is 2.35. The number of quaternary nitrogens is 1. The zero-order chi connectivity index (χ0) is 23.9. The average molecular weight is 449 g/mol. The van der Waals surface area contributed by atoms with E-state index < -0.39 is 6.15 Å². The van der Waals surface area contributed by atoms with E-state index in [9.17, 15) is 0 Å². The molecule has 0 aliphatic rings. The molecule has 0 atom stereocenters. The first-order valence-corrected chi connectivity index (χ1v) is 12.1. The van der Waals surface area contributed by atoms with E-state index in [1.54, 1.807) is 0 Å². The highest BCUT2D eigenvalue weighted by molar-refractivity contribution is 7.20. The SMILES string of the molecule is Cc1ccc([B-](c2ccc(C)cc2C)(c2ccc(C)cc2C)c2ccc(C)cc2C)c(C)c1.[NH4+]. The van der Waals surface area contributed by atoms with E-state index in [-0.39, 0.29) is 6.15 Å². The summed E-state index contributed by atoms with van der Waals surface area (Å²) in [5, 5.41) is 0. The van der Waals surface area contributed by atoms with E-state index in [0.717, 1.165) is 0 Å². The molecule has 0 unspecified atom stereocenters. The van der Waals surface area contributed by atoms with Crippen LogP contribution in [0.15, 0.2) is 72.8 Å². The number of hydrogen-bond acceptors (Lipinski definition) is 0. The van der Waals surface area contributed by atoms with Gasteiger partial charge in [0.05, 0.1) is 0 Å². The Balaban J connectivity index is 0.00000324. The molecule has 0 amide bonds. The molecular formula is C32H40BN. The Morgan fingerprint density at radius 1 is 0.353 bits per heavy atom. The molecular weight excluding hydrogens is 409 g/mol. The zero-order valence-electron chi connectivity index (χ0n) is 22.5. The van der Waals surface area contributed by atoms with Gasteiger partial charge in [-0.25, -0.2) is 0 Å². The highest BCUT2D eigenvalue weighted by Crippen LogP contribution is 2.19. The number of rotatable bonds is 4. The molecule has 0 spiro atoms. The summed E-state index contributed by atoms with van der Waals surface area (Å²) >= 11 is 0. The normalized spacial score (nSPS) is 11.3. The van der Waals surface area contributed by atoms with Gasteiger partial charge >= 0.3 is 0 Å². The molecule has 1 nitrogen and oxygen atoms in total. The number of hydrogen-bond donors (Lipinski definition) is 1. The second-order valence-corrected chi connectivity index (χ2v) is 10.3. The van der Waals surface area contributed by atoms with Gasteiger partial charge in [-0.05, 0) is 55.4 Å². The van der Waals surface area contributed by atoms with Crippen LogP contribution in [0.25, 0.3) is 0 Å². The zero-order valence-corrected chi connectivity index (χ0v) is 22.5. The third-order valence-electron chi connectivity index (χ3n) is 7.57. The maximum absolute atomic E-state index is 2.39. The topological polar surface area (TPSA) is 36.5 Å². The maximum atomic E-state index is 2.39. The summed E-state index contributed by atoms with van der Waals surface area (Å²) in [6, 6.07) is 28.1. The molecule has 176 valence electrons. The Bertz CT molecular complexity index is 1140. The van der Waals surface area contributed by atoms with Crippen LogP contribution in [0.4, 0.5) is 0 Å². The van der Waals surface area contributed by atoms with E-state index in [2.05, 4.69) is 128 Å². The molecule has 0 fully saturated rings. The molecule has 2 heteroatoms. The largest absolute Gasteiger partial charge is 0.369 e. The molecule has 4 aromatic carbocycles. The molecule has 0 aliphatic carbocycles. The molecule has 0 aliphatic heterocycles. The van der Waals surface area contributed by atoms with E-state index in [1.165, 1.54) is 66.4 Å². The van der Waals surface area contributed by atoms with Crippen molar-refractivity contribution in [1.29, 1.82) is 0 Å². The van der Waals surface area contributed by atoms with Gasteiger partial charge in [-0.15, -0.1) is 0 Å². The van der Waals surface area contributed by atoms with Gasteiger partial charge < -0.3 is 6.15 Å². The van der Waals surface area contributed by atoms with E-state index in [1.807, 2.05) is 0 Å². The molecule has 4 aromatic rings. The molecule has 4 N–H and O–H groups in total. The molecule has 4 rings (SSSR count). The van der Waals surface area contributed by atoms with Crippen molar-refractivity contribution in [2.75, 3.05) is 0 Å². The summed E-state index contributed by atoms with van der Waals surface area (Å²) in [4.78, 5) is 0. The van der Waals surface area contributed by atoms with Crippen LogP contribution in [0, 0.1) is 55.4 Å². The average Bonchev–Trinajstić information content (AvgIpc) is 2.72. The lowest BCUT2D eigenvalue weighted by Gasteiger charge is -2.48. The minimum atomic E-state index is -1.38. The smallest absolute Gasteiger partial charge is 0.109 e. The summed E-state index contributed by atoms with van der Waals surface area (Å²) in [7, 11) is 0. The fraction of sp³-hybridized carbons (Fsp3) is 0.250. The van der Waals surface area contributed by atoms with Crippen LogP contribution in [0.3, 0.4) is 0 Å². The Morgan fingerprint density at radius 3 is 0.735 bits per heavy atom. The van der Waals surface area contributed by atoms with Gasteiger partial charge in [-0.2, -0.15) is 21.9 Å². The molecule has 0 saturated heterocycles.